The highest BCUT2D eigenvalue weighted by Gasteiger charge is 2.29. The first kappa shape index (κ1) is 19.9. The summed E-state index contributed by atoms with van der Waals surface area (Å²) in [6.07, 6.45) is 1.76. The molecule has 6 heteroatoms. The molecule has 1 aromatic rings. The van der Waals surface area contributed by atoms with E-state index in [4.69, 9.17) is 0 Å². The number of piperidine rings is 1. The molecule has 0 spiro atoms. The van der Waals surface area contributed by atoms with Gasteiger partial charge in [-0.3, -0.25) is 4.79 Å². The molecule has 0 unspecified atom stereocenters. The molecular formula is C19H30N2O3S. The summed E-state index contributed by atoms with van der Waals surface area (Å²) in [4.78, 5) is 12.8. The number of carbonyl (C=O) groups excluding carboxylic acids is 1. The number of amides is 1. The normalized spacial score (nSPS) is 18.3. The Morgan fingerprint density at radius 2 is 1.80 bits per heavy atom. The second-order valence-corrected chi connectivity index (χ2v) is 9.51. The van der Waals surface area contributed by atoms with Crippen LogP contribution >= 0.6 is 0 Å². The standard InChI is InChI=1S/C19H30N2O3S/c1-13(2)16(5)20-19(22)18-12-17(7-6-15(18)4)25(23,24)21-10-8-14(3)9-11-21/h6-7,12-14,16H,8-11H2,1-5H3,(H,20,22)/t16-/m0/s1. The largest absolute Gasteiger partial charge is 0.349 e. The van der Waals surface area contributed by atoms with Gasteiger partial charge in [0.1, 0.15) is 0 Å². The maximum atomic E-state index is 12.9. The average Bonchev–Trinajstić information content (AvgIpc) is 2.55. The number of benzene rings is 1. The third-order valence-corrected chi connectivity index (χ3v) is 7.09. The minimum Gasteiger partial charge on any atom is -0.349 e. The predicted octanol–water partition coefficient (Wildman–Crippen LogP) is 3.19. The second kappa shape index (κ2) is 7.87. The van der Waals surface area contributed by atoms with Crippen molar-refractivity contribution >= 4 is 15.9 Å². The molecular weight excluding hydrogens is 336 g/mol. The lowest BCUT2D eigenvalue weighted by molar-refractivity contribution is 0.0929. The lowest BCUT2D eigenvalue weighted by Crippen LogP contribution is -2.38. The van der Waals surface area contributed by atoms with Crippen molar-refractivity contribution < 1.29 is 13.2 Å². The van der Waals surface area contributed by atoms with E-state index < -0.39 is 10.0 Å². The van der Waals surface area contributed by atoms with E-state index >= 15 is 0 Å². The van der Waals surface area contributed by atoms with Crippen molar-refractivity contribution in [3.8, 4) is 0 Å². The van der Waals surface area contributed by atoms with Gasteiger partial charge in [0.15, 0.2) is 0 Å². The maximum absolute atomic E-state index is 12.9. The van der Waals surface area contributed by atoms with E-state index in [-0.39, 0.29) is 16.8 Å². The van der Waals surface area contributed by atoms with Gasteiger partial charge in [-0.25, -0.2) is 8.42 Å². The van der Waals surface area contributed by atoms with Crippen LogP contribution in [0.1, 0.15) is 56.5 Å². The molecule has 1 atom stereocenters. The van der Waals surface area contributed by atoms with Crippen molar-refractivity contribution in [2.24, 2.45) is 11.8 Å². The van der Waals surface area contributed by atoms with E-state index in [1.165, 1.54) is 10.4 Å². The molecule has 2 rings (SSSR count). The van der Waals surface area contributed by atoms with Crippen LogP contribution in [-0.4, -0.2) is 37.8 Å². The Kier molecular flexibility index (Phi) is 6.27. The van der Waals surface area contributed by atoms with Gasteiger partial charge in [-0.2, -0.15) is 4.31 Å². The summed E-state index contributed by atoms with van der Waals surface area (Å²) in [6.45, 7) is 11.1. The lowest BCUT2D eigenvalue weighted by atomic mass is 10.0. The minimum atomic E-state index is -3.55. The van der Waals surface area contributed by atoms with Crippen molar-refractivity contribution in [1.82, 2.24) is 9.62 Å². The zero-order valence-electron chi connectivity index (χ0n) is 15.9. The highest BCUT2D eigenvalue weighted by molar-refractivity contribution is 7.89. The molecule has 0 aliphatic carbocycles. The van der Waals surface area contributed by atoms with E-state index in [0.29, 0.717) is 30.5 Å². The van der Waals surface area contributed by atoms with Crippen LogP contribution in [-0.2, 0) is 10.0 Å². The van der Waals surface area contributed by atoms with Gasteiger partial charge in [0, 0.05) is 24.7 Å². The Hall–Kier alpha value is -1.40. The molecule has 1 heterocycles. The van der Waals surface area contributed by atoms with Gasteiger partial charge in [-0.15, -0.1) is 0 Å². The van der Waals surface area contributed by atoms with Crippen LogP contribution in [0.25, 0.3) is 0 Å². The number of aryl methyl sites for hydroxylation is 1. The van der Waals surface area contributed by atoms with E-state index in [1.807, 2.05) is 27.7 Å². The topological polar surface area (TPSA) is 66.5 Å². The summed E-state index contributed by atoms with van der Waals surface area (Å²) < 4.78 is 27.3. The van der Waals surface area contributed by atoms with Gasteiger partial charge in [0.2, 0.25) is 10.0 Å². The first-order chi connectivity index (χ1) is 11.6. The fourth-order valence-electron chi connectivity index (χ4n) is 2.83. The van der Waals surface area contributed by atoms with Crippen LogP contribution in [0.3, 0.4) is 0 Å². The van der Waals surface area contributed by atoms with Gasteiger partial charge in [0.25, 0.3) is 5.91 Å². The summed E-state index contributed by atoms with van der Waals surface area (Å²) in [6, 6.07) is 4.86. The molecule has 1 fully saturated rings. The van der Waals surface area contributed by atoms with Crippen molar-refractivity contribution in [2.45, 2.75) is 58.4 Å². The van der Waals surface area contributed by atoms with Crippen LogP contribution in [0.4, 0.5) is 0 Å². The maximum Gasteiger partial charge on any atom is 0.251 e. The first-order valence-electron chi connectivity index (χ1n) is 9.04. The van der Waals surface area contributed by atoms with Gasteiger partial charge in [0.05, 0.1) is 4.90 Å². The van der Waals surface area contributed by atoms with E-state index in [2.05, 4.69) is 12.2 Å². The molecule has 0 saturated carbocycles. The molecule has 1 N–H and O–H groups in total. The van der Waals surface area contributed by atoms with Crippen LogP contribution < -0.4 is 5.32 Å². The molecule has 5 nitrogen and oxygen atoms in total. The smallest absolute Gasteiger partial charge is 0.251 e. The molecule has 0 aromatic heterocycles. The fraction of sp³-hybridized carbons (Fsp3) is 0.632. The van der Waals surface area contributed by atoms with Crippen LogP contribution in [0.15, 0.2) is 23.1 Å². The summed E-state index contributed by atoms with van der Waals surface area (Å²) >= 11 is 0. The average molecular weight is 367 g/mol. The number of sulfonamides is 1. The Bertz CT molecular complexity index is 720. The fourth-order valence-corrected chi connectivity index (χ4v) is 4.33. The first-order valence-corrected chi connectivity index (χ1v) is 10.5. The van der Waals surface area contributed by atoms with Gasteiger partial charge >= 0.3 is 0 Å². The molecule has 1 aliphatic rings. The van der Waals surface area contributed by atoms with E-state index in [9.17, 15) is 13.2 Å². The number of carbonyl (C=O) groups is 1. The molecule has 1 aliphatic heterocycles. The number of rotatable bonds is 5. The molecule has 1 saturated heterocycles. The molecule has 0 bridgehead atoms. The van der Waals surface area contributed by atoms with Gasteiger partial charge < -0.3 is 5.32 Å². The molecule has 25 heavy (non-hydrogen) atoms. The quantitative estimate of drug-likeness (QED) is 0.870. The monoisotopic (exact) mass is 366 g/mol. The summed E-state index contributed by atoms with van der Waals surface area (Å²) in [5.41, 5.74) is 1.21. The van der Waals surface area contributed by atoms with Crippen molar-refractivity contribution in [3.63, 3.8) is 0 Å². The van der Waals surface area contributed by atoms with Crippen LogP contribution in [0, 0.1) is 18.8 Å². The minimum absolute atomic E-state index is 0.0238. The SMILES string of the molecule is Cc1ccc(S(=O)(=O)N2CCC(C)CC2)cc1C(=O)N[C@@H](C)C(C)C. The number of nitrogens with one attached hydrogen (secondary N) is 1. The Labute approximate surface area is 151 Å². The summed E-state index contributed by atoms with van der Waals surface area (Å²) in [5, 5.41) is 2.95. The zero-order chi connectivity index (χ0) is 18.8. The van der Waals surface area contributed by atoms with Crippen molar-refractivity contribution in [3.05, 3.63) is 29.3 Å². The third kappa shape index (κ3) is 4.61. The van der Waals surface area contributed by atoms with Crippen LogP contribution in [0.2, 0.25) is 0 Å². The van der Waals surface area contributed by atoms with Gasteiger partial charge in [-0.1, -0.05) is 26.8 Å². The predicted molar refractivity (Wildman–Crippen MR) is 100 cm³/mol. The number of nitrogens with zero attached hydrogens (tertiary/aromatic N) is 1. The zero-order valence-corrected chi connectivity index (χ0v) is 16.7. The Balaban J connectivity index is 2.27. The van der Waals surface area contributed by atoms with Crippen LogP contribution in [0.5, 0.6) is 0 Å². The molecule has 1 aromatic carbocycles. The Morgan fingerprint density at radius 1 is 1.20 bits per heavy atom. The highest BCUT2D eigenvalue weighted by Crippen LogP contribution is 2.25. The lowest BCUT2D eigenvalue weighted by Gasteiger charge is -2.29. The number of hydrogen-bond donors (Lipinski definition) is 1. The van der Waals surface area contributed by atoms with Crippen molar-refractivity contribution in [2.75, 3.05) is 13.1 Å². The molecule has 0 radical (unpaired) electrons. The summed E-state index contributed by atoms with van der Waals surface area (Å²) in [5.74, 6) is 0.651. The molecule has 1 amide bonds. The number of hydrogen-bond acceptors (Lipinski definition) is 3. The Morgan fingerprint density at radius 3 is 2.36 bits per heavy atom. The second-order valence-electron chi connectivity index (χ2n) is 7.57. The van der Waals surface area contributed by atoms with E-state index in [0.717, 1.165) is 18.4 Å². The summed E-state index contributed by atoms with van der Waals surface area (Å²) in [7, 11) is -3.55. The molecule has 140 valence electrons. The highest BCUT2D eigenvalue weighted by atomic mass is 32.2. The van der Waals surface area contributed by atoms with E-state index in [1.54, 1.807) is 12.1 Å². The third-order valence-electron chi connectivity index (χ3n) is 5.19. The van der Waals surface area contributed by atoms with Gasteiger partial charge in [-0.05, 0) is 56.2 Å². The van der Waals surface area contributed by atoms with Crippen molar-refractivity contribution in [1.29, 1.82) is 0 Å².